The van der Waals surface area contributed by atoms with E-state index in [1.54, 1.807) is 0 Å². The number of hydrogen-bond donors (Lipinski definition) is 0. The second-order valence-corrected chi connectivity index (χ2v) is 11.0. The van der Waals surface area contributed by atoms with E-state index in [-0.39, 0.29) is 0 Å². The summed E-state index contributed by atoms with van der Waals surface area (Å²) in [6.45, 7) is 11.9. The maximum absolute atomic E-state index is 4.90. The summed E-state index contributed by atoms with van der Waals surface area (Å²) in [4.78, 5) is 17.8. The molecule has 2 bridgehead atoms. The fourth-order valence-corrected chi connectivity index (χ4v) is 6.88. The number of nitrogens with zero attached hydrogens (tertiary/aromatic N) is 5. The third-order valence-corrected chi connectivity index (χ3v) is 9.04. The number of hydrogen-bond acceptors (Lipinski definition) is 5. The average Bonchev–Trinajstić information content (AvgIpc) is 3.08. The normalized spacial score (nSPS) is 33.4. The minimum atomic E-state index is 0.595. The largest absolute Gasteiger partial charge is 0.332 e. The fourth-order valence-electron chi connectivity index (χ4n) is 6.88. The minimum absolute atomic E-state index is 0.595. The number of fused-ring (bicyclic) bond motifs is 2. The highest BCUT2D eigenvalue weighted by Gasteiger charge is 2.41. The van der Waals surface area contributed by atoms with Gasteiger partial charge in [0.05, 0.1) is 0 Å². The van der Waals surface area contributed by atoms with Crippen molar-refractivity contribution in [3.63, 3.8) is 0 Å². The van der Waals surface area contributed by atoms with Crippen LogP contribution < -0.4 is 4.90 Å². The van der Waals surface area contributed by atoms with E-state index >= 15 is 0 Å². The molecule has 0 N–H and O–H groups in total. The molecule has 2 unspecified atom stereocenters. The predicted octanol–water partition coefficient (Wildman–Crippen LogP) is 4.69. The summed E-state index contributed by atoms with van der Waals surface area (Å²) in [6, 6.07) is 2.68. The maximum Gasteiger partial charge on any atom is 0.225 e. The monoisotopic (exact) mass is 425 g/mol. The van der Waals surface area contributed by atoms with E-state index in [2.05, 4.69) is 47.9 Å². The first-order valence-corrected chi connectivity index (χ1v) is 13.2. The zero-order valence-electron chi connectivity index (χ0n) is 20.0. The van der Waals surface area contributed by atoms with Crippen molar-refractivity contribution in [3.05, 3.63) is 18.0 Å². The van der Waals surface area contributed by atoms with Gasteiger partial charge in [-0.05, 0) is 95.7 Å². The molecule has 3 aliphatic heterocycles. The molecule has 5 rings (SSSR count). The van der Waals surface area contributed by atoms with E-state index in [9.17, 15) is 0 Å². The molecule has 0 aromatic carbocycles. The molecule has 1 saturated carbocycles. The fraction of sp³-hybridized carbons (Fsp3) is 0.846. The van der Waals surface area contributed by atoms with Gasteiger partial charge in [-0.3, -0.25) is 4.90 Å². The Hall–Kier alpha value is -1.20. The molecule has 5 nitrogen and oxygen atoms in total. The Labute approximate surface area is 189 Å². The van der Waals surface area contributed by atoms with Crippen LogP contribution in [0.1, 0.15) is 90.0 Å². The van der Waals surface area contributed by atoms with Crippen molar-refractivity contribution in [2.24, 2.45) is 5.92 Å². The van der Waals surface area contributed by atoms with Crippen LogP contribution in [0, 0.1) is 5.92 Å². The van der Waals surface area contributed by atoms with Gasteiger partial charge in [-0.2, -0.15) is 0 Å². The highest BCUT2D eigenvalue weighted by molar-refractivity contribution is 5.38. The van der Waals surface area contributed by atoms with Gasteiger partial charge in [-0.15, -0.1) is 0 Å². The third kappa shape index (κ3) is 4.50. The summed E-state index contributed by atoms with van der Waals surface area (Å²) in [7, 11) is 0. The molecule has 1 aromatic heterocycles. The van der Waals surface area contributed by atoms with Gasteiger partial charge in [0.15, 0.2) is 0 Å². The van der Waals surface area contributed by atoms with E-state index in [0.29, 0.717) is 24.0 Å². The Balaban J connectivity index is 1.16. The standard InChI is InChI=1S/C26H43N5/c1-4-20-5-7-23(8-6-20)29-13-11-21(12-14-29)22-15-27-26(28-16-22)31-24-9-10-25(31)18-30(17-24)19(2)3/h15-16,19-21,23-25H,4-14,17-18H2,1-3H3/t20-,23+,24?,25?. The van der Waals surface area contributed by atoms with Crippen LogP contribution >= 0.6 is 0 Å². The van der Waals surface area contributed by atoms with Gasteiger partial charge in [-0.1, -0.05) is 13.3 Å². The second-order valence-electron chi connectivity index (χ2n) is 11.0. The van der Waals surface area contributed by atoms with Crippen LogP contribution in [0.15, 0.2) is 12.4 Å². The lowest BCUT2D eigenvalue weighted by Crippen LogP contribution is -2.56. The Morgan fingerprint density at radius 2 is 1.42 bits per heavy atom. The molecule has 5 heteroatoms. The summed E-state index contributed by atoms with van der Waals surface area (Å²) < 4.78 is 0. The molecular formula is C26H43N5. The lowest BCUT2D eigenvalue weighted by molar-refractivity contribution is 0.106. The van der Waals surface area contributed by atoms with Gasteiger partial charge in [0.25, 0.3) is 0 Å². The molecule has 172 valence electrons. The summed E-state index contributed by atoms with van der Waals surface area (Å²) in [5.74, 6) is 2.62. The number of rotatable bonds is 5. The minimum Gasteiger partial charge on any atom is -0.332 e. The van der Waals surface area contributed by atoms with Crippen molar-refractivity contribution >= 4 is 5.95 Å². The lowest BCUT2D eigenvalue weighted by atomic mass is 9.82. The molecule has 0 amide bonds. The first-order chi connectivity index (χ1) is 15.1. The van der Waals surface area contributed by atoms with Crippen LogP contribution in [0.5, 0.6) is 0 Å². The molecule has 1 aromatic rings. The molecule has 3 saturated heterocycles. The van der Waals surface area contributed by atoms with E-state index in [1.807, 2.05) is 0 Å². The SMILES string of the molecule is CC[C@H]1CC[C@@H](N2CCC(c3cnc(N4C5CCC4CN(C(C)C)C5)nc3)CC2)CC1. The molecular weight excluding hydrogens is 382 g/mol. The van der Waals surface area contributed by atoms with Gasteiger partial charge in [0, 0.05) is 49.7 Å². The van der Waals surface area contributed by atoms with Gasteiger partial charge in [-0.25, -0.2) is 9.97 Å². The molecule has 31 heavy (non-hydrogen) atoms. The number of piperazine rings is 1. The van der Waals surface area contributed by atoms with Crippen LogP contribution in [0.25, 0.3) is 0 Å². The van der Waals surface area contributed by atoms with Gasteiger partial charge < -0.3 is 9.80 Å². The van der Waals surface area contributed by atoms with E-state index in [0.717, 1.165) is 31.0 Å². The van der Waals surface area contributed by atoms with Crippen molar-refractivity contribution in [3.8, 4) is 0 Å². The predicted molar refractivity (Wildman–Crippen MR) is 128 cm³/mol. The van der Waals surface area contributed by atoms with Crippen LogP contribution in [0.3, 0.4) is 0 Å². The Morgan fingerprint density at radius 1 is 0.839 bits per heavy atom. The summed E-state index contributed by atoms with van der Waals surface area (Å²) in [5.41, 5.74) is 1.37. The van der Waals surface area contributed by atoms with Gasteiger partial charge in [0.1, 0.15) is 0 Å². The van der Waals surface area contributed by atoms with Crippen molar-refractivity contribution in [1.29, 1.82) is 0 Å². The summed E-state index contributed by atoms with van der Waals surface area (Å²) >= 11 is 0. The average molecular weight is 426 g/mol. The number of aromatic nitrogens is 2. The van der Waals surface area contributed by atoms with Crippen molar-refractivity contribution in [2.45, 2.75) is 109 Å². The lowest BCUT2D eigenvalue weighted by Gasteiger charge is -2.43. The summed E-state index contributed by atoms with van der Waals surface area (Å²) in [6.07, 6.45) is 16.6. The topological polar surface area (TPSA) is 35.5 Å². The summed E-state index contributed by atoms with van der Waals surface area (Å²) in [5, 5.41) is 0. The zero-order valence-corrected chi connectivity index (χ0v) is 20.0. The highest BCUT2D eigenvalue weighted by Crippen LogP contribution is 2.36. The van der Waals surface area contributed by atoms with E-state index in [4.69, 9.17) is 9.97 Å². The van der Waals surface area contributed by atoms with E-state index < -0.39 is 0 Å². The molecule has 4 fully saturated rings. The first kappa shape index (κ1) is 21.6. The Bertz CT molecular complexity index is 689. The van der Waals surface area contributed by atoms with Crippen LogP contribution in [0.2, 0.25) is 0 Å². The highest BCUT2D eigenvalue weighted by atomic mass is 15.4. The number of piperidine rings is 1. The third-order valence-electron chi connectivity index (χ3n) is 9.04. The van der Waals surface area contributed by atoms with Crippen LogP contribution in [0.4, 0.5) is 5.95 Å². The molecule has 1 aliphatic carbocycles. The number of anilines is 1. The van der Waals surface area contributed by atoms with Crippen LogP contribution in [-0.2, 0) is 0 Å². The van der Waals surface area contributed by atoms with E-state index in [1.165, 1.54) is 76.4 Å². The maximum atomic E-state index is 4.90. The molecule has 0 spiro atoms. The van der Waals surface area contributed by atoms with Crippen molar-refractivity contribution < 1.29 is 0 Å². The first-order valence-electron chi connectivity index (χ1n) is 13.2. The quantitative estimate of drug-likeness (QED) is 0.684. The second kappa shape index (κ2) is 9.35. The molecule has 4 heterocycles. The van der Waals surface area contributed by atoms with Gasteiger partial charge >= 0.3 is 0 Å². The smallest absolute Gasteiger partial charge is 0.225 e. The van der Waals surface area contributed by atoms with Gasteiger partial charge in [0.2, 0.25) is 5.95 Å². The molecule has 0 radical (unpaired) electrons. The zero-order chi connectivity index (χ0) is 21.4. The van der Waals surface area contributed by atoms with Crippen molar-refractivity contribution in [2.75, 3.05) is 31.1 Å². The Morgan fingerprint density at radius 3 is 1.97 bits per heavy atom. The Kier molecular flexibility index (Phi) is 6.52. The molecule has 2 atom stereocenters. The molecule has 4 aliphatic rings. The van der Waals surface area contributed by atoms with Crippen LogP contribution in [-0.4, -0.2) is 70.1 Å². The number of likely N-dealkylation sites (tertiary alicyclic amines) is 2. The van der Waals surface area contributed by atoms with Crippen molar-refractivity contribution in [1.82, 2.24) is 19.8 Å².